The van der Waals surface area contributed by atoms with E-state index in [0.29, 0.717) is 12.5 Å². The Morgan fingerprint density at radius 2 is 1.88 bits per heavy atom. The number of carbonyl (C=O) groups excluding carboxylic acids is 1. The Morgan fingerprint density at radius 3 is 2.44 bits per heavy atom. The molecule has 4 nitrogen and oxygen atoms in total. The molecule has 1 heterocycles. The van der Waals surface area contributed by atoms with Gasteiger partial charge >= 0.3 is 6.09 Å². The molecule has 16 heavy (non-hydrogen) atoms. The number of carbonyl (C=O) groups is 1. The summed E-state index contributed by atoms with van der Waals surface area (Å²) in [5, 5.41) is 0. The maximum atomic E-state index is 11.8. The summed E-state index contributed by atoms with van der Waals surface area (Å²) >= 11 is 0. The van der Waals surface area contributed by atoms with Crippen LogP contribution in [-0.2, 0) is 4.74 Å². The molecule has 0 radical (unpaired) electrons. The Bertz CT molecular complexity index is 236. The van der Waals surface area contributed by atoms with Crippen LogP contribution in [0.3, 0.4) is 0 Å². The first-order valence-corrected chi connectivity index (χ1v) is 6.03. The highest BCUT2D eigenvalue weighted by atomic mass is 16.6. The molecule has 1 rings (SSSR count). The number of nitrogens with zero attached hydrogens (tertiary/aromatic N) is 1. The minimum atomic E-state index is -0.420. The second kappa shape index (κ2) is 5.04. The molecular weight excluding hydrogens is 204 g/mol. The molecule has 0 aromatic rings. The van der Waals surface area contributed by atoms with Crippen molar-refractivity contribution in [2.75, 3.05) is 13.1 Å². The van der Waals surface area contributed by atoms with Crippen molar-refractivity contribution in [3.8, 4) is 0 Å². The maximum Gasteiger partial charge on any atom is 0.410 e. The van der Waals surface area contributed by atoms with Gasteiger partial charge in [-0.15, -0.1) is 0 Å². The van der Waals surface area contributed by atoms with E-state index in [1.54, 1.807) is 4.90 Å². The van der Waals surface area contributed by atoms with Gasteiger partial charge in [0.1, 0.15) is 5.60 Å². The highest BCUT2D eigenvalue weighted by Crippen LogP contribution is 2.18. The first kappa shape index (κ1) is 13.3. The highest BCUT2D eigenvalue weighted by molar-refractivity contribution is 5.68. The first-order chi connectivity index (χ1) is 7.29. The van der Waals surface area contributed by atoms with Gasteiger partial charge in [0, 0.05) is 19.1 Å². The third-order valence-electron chi connectivity index (χ3n) is 2.97. The normalized spacial score (nSPS) is 27.4. The molecule has 1 saturated heterocycles. The second-order valence-electron chi connectivity index (χ2n) is 5.69. The molecule has 2 atom stereocenters. The summed E-state index contributed by atoms with van der Waals surface area (Å²) < 4.78 is 5.35. The molecule has 1 aliphatic rings. The summed E-state index contributed by atoms with van der Waals surface area (Å²) in [4.78, 5) is 13.6. The zero-order valence-electron chi connectivity index (χ0n) is 10.8. The summed E-state index contributed by atoms with van der Waals surface area (Å²) in [7, 11) is 0. The average Bonchev–Trinajstić information content (AvgIpc) is 2.28. The van der Waals surface area contributed by atoms with E-state index in [-0.39, 0.29) is 12.1 Å². The molecule has 94 valence electrons. The fraction of sp³-hybridized carbons (Fsp3) is 0.917. The van der Waals surface area contributed by atoms with Crippen molar-refractivity contribution in [2.45, 2.75) is 52.2 Å². The first-order valence-electron chi connectivity index (χ1n) is 6.03. The third kappa shape index (κ3) is 4.00. The summed E-state index contributed by atoms with van der Waals surface area (Å²) in [5.41, 5.74) is 5.57. The van der Waals surface area contributed by atoms with Crippen LogP contribution in [0.15, 0.2) is 0 Å². The molecule has 0 bridgehead atoms. The molecule has 1 aliphatic heterocycles. The lowest BCUT2D eigenvalue weighted by atomic mass is 9.98. The predicted octanol–water partition coefficient (Wildman–Crippen LogP) is 1.98. The van der Waals surface area contributed by atoms with E-state index in [1.165, 1.54) is 0 Å². The lowest BCUT2D eigenvalue weighted by molar-refractivity contribution is 0.0255. The van der Waals surface area contributed by atoms with Crippen molar-refractivity contribution in [1.29, 1.82) is 0 Å². The lowest BCUT2D eigenvalue weighted by Crippen LogP contribution is -2.37. The predicted molar refractivity (Wildman–Crippen MR) is 64.2 cm³/mol. The Labute approximate surface area is 98.1 Å². The van der Waals surface area contributed by atoms with E-state index in [0.717, 1.165) is 19.4 Å². The molecule has 0 aromatic heterocycles. The molecule has 4 heteroatoms. The van der Waals surface area contributed by atoms with Crippen molar-refractivity contribution in [2.24, 2.45) is 11.7 Å². The molecule has 2 N–H and O–H groups in total. The van der Waals surface area contributed by atoms with Gasteiger partial charge in [-0.25, -0.2) is 4.79 Å². The molecule has 0 aromatic carbocycles. The topological polar surface area (TPSA) is 55.6 Å². The van der Waals surface area contributed by atoms with Gasteiger partial charge in [0.15, 0.2) is 0 Å². The van der Waals surface area contributed by atoms with Crippen LogP contribution in [0, 0.1) is 5.92 Å². The van der Waals surface area contributed by atoms with Gasteiger partial charge in [0.25, 0.3) is 0 Å². The van der Waals surface area contributed by atoms with E-state index in [4.69, 9.17) is 10.5 Å². The van der Waals surface area contributed by atoms with Gasteiger partial charge in [-0.05, 0) is 39.5 Å². The van der Waals surface area contributed by atoms with Crippen molar-refractivity contribution in [3.05, 3.63) is 0 Å². The third-order valence-corrected chi connectivity index (χ3v) is 2.97. The van der Waals surface area contributed by atoms with E-state index < -0.39 is 5.60 Å². The van der Waals surface area contributed by atoms with Crippen molar-refractivity contribution >= 4 is 6.09 Å². The van der Waals surface area contributed by atoms with Gasteiger partial charge in [-0.3, -0.25) is 0 Å². The Balaban J connectivity index is 2.51. The van der Waals surface area contributed by atoms with E-state index in [2.05, 4.69) is 6.92 Å². The van der Waals surface area contributed by atoms with Crippen molar-refractivity contribution in [3.63, 3.8) is 0 Å². The van der Waals surface area contributed by atoms with Crippen LogP contribution >= 0.6 is 0 Å². The van der Waals surface area contributed by atoms with Crippen molar-refractivity contribution < 1.29 is 9.53 Å². The molecule has 1 amide bonds. The van der Waals surface area contributed by atoms with E-state index in [9.17, 15) is 4.79 Å². The second-order valence-corrected chi connectivity index (χ2v) is 5.69. The van der Waals surface area contributed by atoms with Crippen LogP contribution in [0.5, 0.6) is 0 Å². The van der Waals surface area contributed by atoms with Crippen LogP contribution in [0.4, 0.5) is 4.79 Å². The molecule has 1 fully saturated rings. The molecular formula is C12H24N2O2. The average molecular weight is 228 g/mol. The quantitative estimate of drug-likeness (QED) is 0.689. The highest BCUT2D eigenvalue weighted by Gasteiger charge is 2.26. The van der Waals surface area contributed by atoms with Crippen LogP contribution in [-0.4, -0.2) is 35.7 Å². The smallest absolute Gasteiger partial charge is 0.410 e. The van der Waals surface area contributed by atoms with E-state index in [1.807, 2.05) is 20.8 Å². The fourth-order valence-electron chi connectivity index (χ4n) is 1.78. The standard InChI is InChI=1S/C12H24N2O2/c1-9-5-7-14(8-6-10(9)13)11(15)16-12(2,3)4/h9-10H,5-8,13H2,1-4H3/t9-,10-/m0/s1. The zero-order chi connectivity index (χ0) is 12.3. The van der Waals surface area contributed by atoms with Gasteiger partial charge in [0.05, 0.1) is 0 Å². The number of amides is 1. The summed E-state index contributed by atoms with van der Waals surface area (Å²) in [6.45, 7) is 9.26. The van der Waals surface area contributed by atoms with Gasteiger partial charge in [-0.1, -0.05) is 6.92 Å². The number of hydrogen-bond acceptors (Lipinski definition) is 3. The number of rotatable bonds is 0. The van der Waals surface area contributed by atoms with Gasteiger partial charge in [-0.2, -0.15) is 0 Å². The zero-order valence-corrected chi connectivity index (χ0v) is 10.8. The molecule has 0 spiro atoms. The summed E-state index contributed by atoms with van der Waals surface area (Å²) in [5.74, 6) is 0.479. The van der Waals surface area contributed by atoms with E-state index >= 15 is 0 Å². The van der Waals surface area contributed by atoms with Crippen LogP contribution in [0.25, 0.3) is 0 Å². The summed E-state index contributed by atoms with van der Waals surface area (Å²) in [6.07, 6.45) is 1.61. The van der Waals surface area contributed by atoms with Crippen LogP contribution in [0.2, 0.25) is 0 Å². The van der Waals surface area contributed by atoms with Gasteiger partial charge < -0.3 is 15.4 Å². The van der Waals surface area contributed by atoms with Gasteiger partial charge in [0.2, 0.25) is 0 Å². The SMILES string of the molecule is C[C@H]1CCN(C(=O)OC(C)(C)C)CC[C@@H]1N. The van der Waals surface area contributed by atoms with Crippen molar-refractivity contribution in [1.82, 2.24) is 4.90 Å². The minimum Gasteiger partial charge on any atom is -0.444 e. The maximum absolute atomic E-state index is 11.8. The van der Waals surface area contributed by atoms with Crippen LogP contribution in [0.1, 0.15) is 40.5 Å². The Morgan fingerprint density at radius 1 is 1.31 bits per heavy atom. The van der Waals surface area contributed by atoms with Crippen LogP contribution < -0.4 is 5.73 Å². The number of ether oxygens (including phenoxy) is 1. The number of likely N-dealkylation sites (tertiary alicyclic amines) is 1. The molecule has 0 aliphatic carbocycles. The largest absolute Gasteiger partial charge is 0.444 e. The Hall–Kier alpha value is -0.770. The number of hydrogen-bond donors (Lipinski definition) is 1. The Kier molecular flexibility index (Phi) is 4.19. The fourth-order valence-corrected chi connectivity index (χ4v) is 1.78. The summed E-state index contributed by atoms with van der Waals surface area (Å²) in [6, 6.07) is 0.201. The minimum absolute atomic E-state index is 0.201. The molecule has 0 unspecified atom stereocenters. The lowest BCUT2D eigenvalue weighted by Gasteiger charge is -2.26. The number of nitrogens with two attached hydrogens (primary N) is 1. The monoisotopic (exact) mass is 228 g/mol. The molecule has 0 saturated carbocycles.